The molecular weight excluding hydrogens is 226 g/mol. The van der Waals surface area contributed by atoms with Gasteiger partial charge in [0.25, 0.3) is 0 Å². The Labute approximate surface area is 110 Å². The van der Waals surface area contributed by atoms with E-state index in [2.05, 4.69) is 22.5 Å². The van der Waals surface area contributed by atoms with Crippen LogP contribution in [0.1, 0.15) is 39.0 Å². The summed E-state index contributed by atoms with van der Waals surface area (Å²) < 4.78 is 0. The molecule has 0 spiro atoms. The van der Waals surface area contributed by atoms with Gasteiger partial charge in [-0.25, -0.2) is 0 Å². The van der Waals surface area contributed by atoms with Crippen LogP contribution in [-0.2, 0) is 4.79 Å². The summed E-state index contributed by atoms with van der Waals surface area (Å²) in [5, 5.41) is 6.59. The molecule has 1 saturated heterocycles. The fraction of sp³-hybridized carbons (Fsp3) is 0.929. The van der Waals surface area contributed by atoms with Crippen molar-refractivity contribution in [2.24, 2.45) is 5.92 Å². The summed E-state index contributed by atoms with van der Waals surface area (Å²) in [5.41, 5.74) is 0. The number of likely N-dealkylation sites (tertiary alicyclic amines) is 1. The van der Waals surface area contributed by atoms with Crippen LogP contribution in [-0.4, -0.2) is 49.6 Å². The summed E-state index contributed by atoms with van der Waals surface area (Å²) in [5.74, 6) is 0.593. The molecule has 1 unspecified atom stereocenters. The largest absolute Gasteiger partial charge is 0.355 e. The van der Waals surface area contributed by atoms with Gasteiger partial charge >= 0.3 is 0 Å². The second-order valence-corrected chi connectivity index (χ2v) is 5.58. The van der Waals surface area contributed by atoms with Gasteiger partial charge in [0.05, 0.1) is 0 Å². The number of hydrogen-bond acceptors (Lipinski definition) is 3. The molecule has 4 heteroatoms. The lowest BCUT2D eigenvalue weighted by atomic mass is 10.1. The van der Waals surface area contributed by atoms with Crippen molar-refractivity contribution in [2.45, 2.75) is 45.1 Å². The van der Waals surface area contributed by atoms with Crippen LogP contribution in [0, 0.1) is 5.92 Å². The van der Waals surface area contributed by atoms with Crippen molar-refractivity contribution in [1.29, 1.82) is 0 Å². The lowest BCUT2D eigenvalue weighted by Gasteiger charge is -2.18. The molecule has 1 atom stereocenters. The highest BCUT2D eigenvalue weighted by molar-refractivity contribution is 5.80. The Kier molecular flexibility index (Phi) is 5.45. The number of carbonyl (C=O) groups excluding carboxylic acids is 1. The van der Waals surface area contributed by atoms with Gasteiger partial charge in [0.15, 0.2) is 0 Å². The van der Waals surface area contributed by atoms with Crippen molar-refractivity contribution in [2.75, 3.05) is 32.7 Å². The normalized spacial score (nSPS) is 25.7. The van der Waals surface area contributed by atoms with Gasteiger partial charge in [0, 0.05) is 25.0 Å². The molecule has 0 aromatic rings. The van der Waals surface area contributed by atoms with Crippen LogP contribution in [0.3, 0.4) is 0 Å². The molecule has 104 valence electrons. The van der Waals surface area contributed by atoms with E-state index in [4.69, 9.17) is 0 Å². The molecule has 2 aliphatic rings. The van der Waals surface area contributed by atoms with Gasteiger partial charge in [-0.1, -0.05) is 6.92 Å². The van der Waals surface area contributed by atoms with Crippen LogP contribution >= 0.6 is 0 Å². The molecule has 2 fully saturated rings. The first-order chi connectivity index (χ1) is 8.79. The lowest BCUT2D eigenvalue weighted by Crippen LogP contribution is -2.38. The fourth-order valence-corrected chi connectivity index (χ4v) is 2.63. The van der Waals surface area contributed by atoms with E-state index in [1.165, 1.54) is 38.9 Å². The Morgan fingerprint density at radius 3 is 2.72 bits per heavy atom. The quantitative estimate of drug-likeness (QED) is 0.694. The predicted octanol–water partition coefficient (Wildman–Crippen LogP) is 0.977. The average molecular weight is 253 g/mol. The smallest absolute Gasteiger partial charge is 0.223 e. The Balaban J connectivity index is 1.54. The molecule has 1 aliphatic carbocycles. The van der Waals surface area contributed by atoms with Gasteiger partial charge in [0.2, 0.25) is 5.91 Å². The maximum absolute atomic E-state index is 11.4. The molecule has 0 aromatic carbocycles. The molecule has 1 heterocycles. The average Bonchev–Trinajstić information content (AvgIpc) is 3.20. The first-order valence-electron chi connectivity index (χ1n) is 7.53. The third kappa shape index (κ3) is 4.58. The molecule has 2 N–H and O–H groups in total. The maximum atomic E-state index is 11.4. The number of carbonyl (C=O) groups is 1. The van der Waals surface area contributed by atoms with Crippen LogP contribution in [0.5, 0.6) is 0 Å². The van der Waals surface area contributed by atoms with Crippen LogP contribution in [0.2, 0.25) is 0 Å². The highest BCUT2D eigenvalue weighted by Crippen LogP contribution is 2.28. The number of hydrogen-bond donors (Lipinski definition) is 2. The minimum atomic E-state index is 0.259. The Morgan fingerprint density at radius 2 is 2.00 bits per heavy atom. The summed E-state index contributed by atoms with van der Waals surface area (Å²) in [4.78, 5) is 14.0. The molecule has 4 nitrogen and oxygen atoms in total. The van der Waals surface area contributed by atoms with Crippen LogP contribution in [0.25, 0.3) is 0 Å². The van der Waals surface area contributed by atoms with Crippen molar-refractivity contribution in [3.63, 3.8) is 0 Å². The van der Waals surface area contributed by atoms with Gasteiger partial charge in [-0.15, -0.1) is 0 Å². The number of amides is 1. The van der Waals surface area contributed by atoms with Gasteiger partial charge < -0.3 is 15.5 Å². The van der Waals surface area contributed by atoms with Crippen molar-refractivity contribution >= 4 is 5.91 Å². The van der Waals surface area contributed by atoms with E-state index >= 15 is 0 Å². The van der Waals surface area contributed by atoms with Crippen molar-refractivity contribution in [1.82, 2.24) is 15.5 Å². The highest BCUT2D eigenvalue weighted by Gasteiger charge is 2.29. The molecule has 2 rings (SSSR count). The SMILES string of the molecule is CCN1CCCC(NCCNC(=O)C2CC2)CC1. The number of nitrogens with zero attached hydrogens (tertiary/aromatic N) is 1. The standard InChI is InChI=1S/C14H27N3O/c1-2-17-10-3-4-13(7-11-17)15-8-9-16-14(18)12-5-6-12/h12-13,15H,2-11H2,1H3,(H,16,18). The fourth-order valence-electron chi connectivity index (χ4n) is 2.63. The Hall–Kier alpha value is -0.610. The summed E-state index contributed by atoms with van der Waals surface area (Å²) in [7, 11) is 0. The van der Waals surface area contributed by atoms with Crippen molar-refractivity contribution in [3.05, 3.63) is 0 Å². The summed E-state index contributed by atoms with van der Waals surface area (Å²) in [6.45, 7) is 7.56. The summed E-state index contributed by atoms with van der Waals surface area (Å²) in [6.07, 6.45) is 5.99. The van der Waals surface area contributed by atoms with E-state index in [9.17, 15) is 4.79 Å². The van der Waals surface area contributed by atoms with E-state index in [-0.39, 0.29) is 5.91 Å². The highest BCUT2D eigenvalue weighted by atomic mass is 16.2. The Morgan fingerprint density at radius 1 is 1.17 bits per heavy atom. The number of rotatable bonds is 6. The molecule has 1 amide bonds. The zero-order valence-corrected chi connectivity index (χ0v) is 11.6. The number of nitrogens with one attached hydrogen (secondary N) is 2. The Bertz CT molecular complexity index is 266. The van der Waals surface area contributed by atoms with Gasteiger partial charge in [-0.3, -0.25) is 4.79 Å². The molecule has 0 radical (unpaired) electrons. The third-order valence-corrected chi connectivity index (χ3v) is 4.07. The maximum Gasteiger partial charge on any atom is 0.223 e. The monoisotopic (exact) mass is 253 g/mol. The first-order valence-corrected chi connectivity index (χ1v) is 7.53. The van der Waals surface area contributed by atoms with Gasteiger partial charge in [0.1, 0.15) is 0 Å². The topological polar surface area (TPSA) is 44.4 Å². The minimum Gasteiger partial charge on any atom is -0.355 e. The molecule has 1 saturated carbocycles. The lowest BCUT2D eigenvalue weighted by molar-refractivity contribution is -0.122. The van der Waals surface area contributed by atoms with Crippen LogP contribution in [0.15, 0.2) is 0 Å². The van der Waals surface area contributed by atoms with E-state index in [0.29, 0.717) is 12.0 Å². The van der Waals surface area contributed by atoms with Crippen molar-refractivity contribution < 1.29 is 4.79 Å². The predicted molar refractivity (Wildman–Crippen MR) is 73.5 cm³/mol. The molecule has 18 heavy (non-hydrogen) atoms. The summed E-state index contributed by atoms with van der Waals surface area (Å²) >= 11 is 0. The zero-order chi connectivity index (χ0) is 12.8. The zero-order valence-electron chi connectivity index (χ0n) is 11.6. The molecule has 0 aromatic heterocycles. The second-order valence-electron chi connectivity index (χ2n) is 5.58. The van der Waals surface area contributed by atoms with E-state index in [1.807, 2.05) is 0 Å². The summed E-state index contributed by atoms with van der Waals surface area (Å²) in [6, 6.07) is 0.638. The first kappa shape index (κ1) is 13.8. The van der Waals surface area contributed by atoms with Gasteiger partial charge in [-0.05, 0) is 51.7 Å². The minimum absolute atomic E-state index is 0.259. The third-order valence-electron chi connectivity index (χ3n) is 4.07. The van der Waals surface area contributed by atoms with E-state index < -0.39 is 0 Å². The van der Waals surface area contributed by atoms with E-state index in [0.717, 1.165) is 25.9 Å². The van der Waals surface area contributed by atoms with Crippen molar-refractivity contribution in [3.8, 4) is 0 Å². The van der Waals surface area contributed by atoms with Crippen LogP contribution < -0.4 is 10.6 Å². The molecule has 1 aliphatic heterocycles. The molecular formula is C14H27N3O. The van der Waals surface area contributed by atoms with Crippen LogP contribution in [0.4, 0.5) is 0 Å². The molecule has 0 bridgehead atoms. The van der Waals surface area contributed by atoms with E-state index in [1.54, 1.807) is 0 Å². The second kappa shape index (κ2) is 7.10. The van der Waals surface area contributed by atoms with Gasteiger partial charge in [-0.2, -0.15) is 0 Å².